The number of hydrogen-bond acceptors (Lipinski definition) is 5. The molecule has 0 aliphatic rings. The summed E-state index contributed by atoms with van der Waals surface area (Å²) in [6.07, 6.45) is 0. The standard InChI is InChI=1S/C18H24N4O2S/c1-10(2)12-6-5-7-13(11(3)4)17(12)21-16(24)9-25-18-20-14(19)8-15(23)22-18/h5-8,10-11H,9H2,1-4H3,(H,21,24)(H3,19,20,22,23). The average Bonchev–Trinajstić information content (AvgIpc) is 2.51. The second-order valence-electron chi connectivity index (χ2n) is 6.43. The van der Waals surface area contributed by atoms with Crippen LogP contribution in [0.5, 0.6) is 0 Å². The average molecular weight is 360 g/mol. The number of H-pyrrole nitrogens is 1. The van der Waals surface area contributed by atoms with Crippen LogP contribution in [0, 0.1) is 0 Å². The fourth-order valence-corrected chi connectivity index (χ4v) is 3.21. The summed E-state index contributed by atoms with van der Waals surface area (Å²) in [6.45, 7) is 8.41. The third kappa shape index (κ3) is 5.09. The Labute approximate surface area is 151 Å². The van der Waals surface area contributed by atoms with E-state index in [0.29, 0.717) is 17.0 Å². The molecule has 0 atom stereocenters. The summed E-state index contributed by atoms with van der Waals surface area (Å²) in [6, 6.07) is 7.31. The normalized spacial score (nSPS) is 11.1. The molecule has 1 aromatic heterocycles. The number of aromatic nitrogens is 2. The summed E-state index contributed by atoms with van der Waals surface area (Å²) in [5.74, 6) is 0.724. The fourth-order valence-electron chi connectivity index (χ4n) is 2.53. The van der Waals surface area contributed by atoms with Gasteiger partial charge in [0.1, 0.15) is 5.82 Å². The van der Waals surface area contributed by atoms with Crippen molar-refractivity contribution in [3.63, 3.8) is 0 Å². The largest absolute Gasteiger partial charge is 0.383 e. The molecule has 6 nitrogen and oxygen atoms in total. The molecule has 0 radical (unpaired) electrons. The molecular formula is C18H24N4O2S. The minimum Gasteiger partial charge on any atom is -0.383 e. The highest BCUT2D eigenvalue weighted by Crippen LogP contribution is 2.32. The number of thioether (sulfide) groups is 1. The van der Waals surface area contributed by atoms with Gasteiger partial charge in [-0.15, -0.1) is 0 Å². The van der Waals surface area contributed by atoms with E-state index in [0.717, 1.165) is 28.6 Å². The molecule has 1 aromatic carbocycles. The Morgan fingerprint density at radius 3 is 2.36 bits per heavy atom. The van der Waals surface area contributed by atoms with E-state index in [1.807, 2.05) is 18.2 Å². The van der Waals surface area contributed by atoms with Gasteiger partial charge in [-0.25, -0.2) is 4.98 Å². The number of nitrogens with one attached hydrogen (secondary N) is 2. The quantitative estimate of drug-likeness (QED) is 0.542. The lowest BCUT2D eigenvalue weighted by atomic mass is 9.92. The summed E-state index contributed by atoms with van der Waals surface area (Å²) in [4.78, 5) is 30.4. The molecule has 25 heavy (non-hydrogen) atoms. The summed E-state index contributed by atoms with van der Waals surface area (Å²) >= 11 is 1.15. The lowest BCUT2D eigenvalue weighted by molar-refractivity contribution is -0.113. The Hall–Kier alpha value is -2.28. The molecule has 134 valence electrons. The van der Waals surface area contributed by atoms with Crippen LogP contribution in [0.3, 0.4) is 0 Å². The Morgan fingerprint density at radius 1 is 1.24 bits per heavy atom. The number of carbonyl (C=O) groups is 1. The molecule has 0 aliphatic carbocycles. The van der Waals surface area contributed by atoms with Gasteiger partial charge in [-0.1, -0.05) is 57.7 Å². The zero-order valence-electron chi connectivity index (χ0n) is 14.9. The minimum atomic E-state index is -0.331. The first-order valence-electron chi connectivity index (χ1n) is 8.20. The van der Waals surface area contributed by atoms with E-state index in [-0.39, 0.29) is 23.0 Å². The first-order valence-corrected chi connectivity index (χ1v) is 9.18. The van der Waals surface area contributed by atoms with Gasteiger partial charge in [0.2, 0.25) is 5.91 Å². The Morgan fingerprint density at radius 2 is 1.84 bits per heavy atom. The molecule has 0 spiro atoms. The molecule has 0 fully saturated rings. The second-order valence-corrected chi connectivity index (χ2v) is 7.40. The Bertz CT molecular complexity index is 789. The number of benzene rings is 1. The van der Waals surface area contributed by atoms with Crippen LogP contribution in [0.4, 0.5) is 11.5 Å². The first-order chi connectivity index (χ1) is 11.8. The molecule has 1 amide bonds. The second kappa shape index (κ2) is 8.20. The molecule has 2 aromatic rings. The zero-order valence-corrected chi connectivity index (χ0v) is 15.7. The predicted molar refractivity (Wildman–Crippen MR) is 103 cm³/mol. The van der Waals surface area contributed by atoms with Crippen molar-refractivity contribution in [2.45, 2.75) is 44.7 Å². The van der Waals surface area contributed by atoms with Crippen LogP contribution in [-0.4, -0.2) is 21.6 Å². The predicted octanol–water partition coefficient (Wildman–Crippen LogP) is 3.33. The van der Waals surface area contributed by atoms with Gasteiger partial charge in [-0.2, -0.15) is 0 Å². The third-order valence-corrected chi connectivity index (χ3v) is 4.59. The van der Waals surface area contributed by atoms with Crippen LogP contribution in [-0.2, 0) is 4.79 Å². The van der Waals surface area contributed by atoms with Crippen molar-refractivity contribution in [3.8, 4) is 0 Å². The highest BCUT2D eigenvalue weighted by Gasteiger charge is 2.16. The number of hydrogen-bond donors (Lipinski definition) is 3. The van der Waals surface area contributed by atoms with Crippen LogP contribution in [0.2, 0.25) is 0 Å². The summed E-state index contributed by atoms with van der Waals surface area (Å²) < 4.78 is 0. The van der Waals surface area contributed by atoms with Crippen molar-refractivity contribution in [1.29, 1.82) is 0 Å². The van der Waals surface area contributed by atoms with Crippen LogP contribution in [0.15, 0.2) is 34.2 Å². The number of amides is 1. The highest BCUT2D eigenvalue weighted by atomic mass is 32.2. The summed E-state index contributed by atoms with van der Waals surface area (Å²) in [5.41, 5.74) is 8.32. The number of aromatic amines is 1. The maximum absolute atomic E-state index is 12.4. The van der Waals surface area contributed by atoms with Gasteiger partial charge in [-0.3, -0.25) is 9.59 Å². The number of anilines is 2. The highest BCUT2D eigenvalue weighted by molar-refractivity contribution is 7.99. The number of carbonyl (C=O) groups excluding carboxylic acids is 1. The van der Waals surface area contributed by atoms with Crippen LogP contribution in [0.25, 0.3) is 0 Å². The molecule has 2 rings (SSSR count). The van der Waals surface area contributed by atoms with E-state index < -0.39 is 0 Å². The SMILES string of the molecule is CC(C)c1cccc(C(C)C)c1NC(=O)CSc1nc(N)cc(=O)[nH]1. The minimum absolute atomic E-state index is 0.135. The number of para-hydroxylation sites is 1. The molecule has 0 unspecified atom stereocenters. The van der Waals surface area contributed by atoms with E-state index in [4.69, 9.17) is 5.73 Å². The molecule has 7 heteroatoms. The molecule has 0 aliphatic heterocycles. The van der Waals surface area contributed by atoms with E-state index in [9.17, 15) is 9.59 Å². The van der Waals surface area contributed by atoms with Crippen molar-refractivity contribution in [1.82, 2.24) is 9.97 Å². The topological polar surface area (TPSA) is 101 Å². The van der Waals surface area contributed by atoms with E-state index >= 15 is 0 Å². The zero-order chi connectivity index (χ0) is 18.6. The van der Waals surface area contributed by atoms with Crippen molar-refractivity contribution < 1.29 is 4.79 Å². The molecule has 0 saturated heterocycles. The van der Waals surface area contributed by atoms with Crippen LogP contribution < -0.4 is 16.6 Å². The summed E-state index contributed by atoms with van der Waals surface area (Å²) in [7, 11) is 0. The van der Waals surface area contributed by atoms with Gasteiger partial charge < -0.3 is 16.0 Å². The van der Waals surface area contributed by atoms with Crippen molar-refractivity contribution in [2.24, 2.45) is 0 Å². The molecule has 4 N–H and O–H groups in total. The van der Waals surface area contributed by atoms with Crippen LogP contribution >= 0.6 is 11.8 Å². The lowest BCUT2D eigenvalue weighted by Gasteiger charge is -2.20. The number of nitrogens with two attached hydrogens (primary N) is 1. The smallest absolute Gasteiger partial charge is 0.253 e. The summed E-state index contributed by atoms with van der Waals surface area (Å²) in [5, 5.41) is 3.37. The number of rotatable bonds is 6. The van der Waals surface area contributed by atoms with Gasteiger partial charge >= 0.3 is 0 Å². The Kier molecular flexibility index (Phi) is 6.25. The monoisotopic (exact) mass is 360 g/mol. The molecule has 0 saturated carbocycles. The third-order valence-electron chi connectivity index (χ3n) is 3.72. The van der Waals surface area contributed by atoms with Crippen molar-refractivity contribution >= 4 is 29.2 Å². The molecular weight excluding hydrogens is 336 g/mol. The first kappa shape index (κ1) is 19.1. The lowest BCUT2D eigenvalue weighted by Crippen LogP contribution is -2.18. The van der Waals surface area contributed by atoms with E-state index in [2.05, 4.69) is 43.0 Å². The fraction of sp³-hybridized carbons (Fsp3) is 0.389. The van der Waals surface area contributed by atoms with E-state index in [1.54, 1.807) is 0 Å². The van der Waals surface area contributed by atoms with Gasteiger partial charge in [0.25, 0.3) is 5.56 Å². The molecule has 1 heterocycles. The maximum atomic E-state index is 12.4. The van der Waals surface area contributed by atoms with Crippen LogP contribution in [0.1, 0.15) is 50.7 Å². The number of nitrogens with zero attached hydrogens (tertiary/aromatic N) is 1. The van der Waals surface area contributed by atoms with Crippen molar-refractivity contribution in [2.75, 3.05) is 16.8 Å². The Balaban J connectivity index is 2.16. The molecule has 0 bridgehead atoms. The van der Waals surface area contributed by atoms with Gasteiger partial charge in [-0.05, 0) is 23.0 Å². The van der Waals surface area contributed by atoms with Gasteiger partial charge in [0, 0.05) is 11.8 Å². The maximum Gasteiger partial charge on any atom is 0.253 e. The van der Waals surface area contributed by atoms with Gasteiger partial charge in [0.15, 0.2) is 5.16 Å². The van der Waals surface area contributed by atoms with Gasteiger partial charge in [0.05, 0.1) is 5.75 Å². The van der Waals surface area contributed by atoms with E-state index in [1.165, 1.54) is 6.07 Å². The number of nitrogen functional groups attached to an aromatic ring is 1. The van der Waals surface area contributed by atoms with Crippen molar-refractivity contribution in [3.05, 3.63) is 45.7 Å².